The average Bonchev–Trinajstić information content (AvgIpc) is 2.74. The van der Waals surface area contributed by atoms with Crippen molar-refractivity contribution in [1.29, 1.82) is 0 Å². The molecule has 1 aliphatic rings. The van der Waals surface area contributed by atoms with Crippen LogP contribution in [0.5, 0.6) is 0 Å². The summed E-state index contributed by atoms with van der Waals surface area (Å²) in [4.78, 5) is 11.5. The fraction of sp³-hybridized carbons (Fsp3) is 0.533. The Morgan fingerprint density at radius 1 is 1.32 bits per heavy atom. The molecule has 0 saturated carbocycles. The first kappa shape index (κ1) is 14.0. The molecular formula is C15H23N3O. The lowest BCUT2D eigenvalue weighted by Gasteiger charge is -2.13. The molecule has 2 rings (SSSR count). The molecule has 0 aromatic heterocycles. The van der Waals surface area contributed by atoms with Crippen LogP contribution < -0.4 is 16.4 Å². The quantitative estimate of drug-likeness (QED) is 0.729. The zero-order valence-corrected chi connectivity index (χ0v) is 11.5. The van der Waals surface area contributed by atoms with Crippen LogP contribution in [0.1, 0.15) is 49.4 Å². The van der Waals surface area contributed by atoms with Crippen LogP contribution in [0, 0.1) is 0 Å². The van der Waals surface area contributed by atoms with Crippen molar-refractivity contribution in [3.63, 3.8) is 0 Å². The lowest BCUT2D eigenvalue weighted by molar-refractivity contribution is -0.121. The first-order valence-electron chi connectivity index (χ1n) is 7.07. The molecule has 19 heavy (non-hydrogen) atoms. The molecule has 0 radical (unpaired) electrons. The van der Waals surface area contributed by atoms with Gasteiger partial charge >= 0.3 is 0 Å². The van der Waals surface area contributed by atoms with Crippen LogP contribution in [-0.4, -0.2) is 19.0 Å². The largest absolute Gasteiger partial charge is 0.356 e. The number of hydrogen-bond acceptors (Lipinski definition) is 3. The molecule has 0 fully saturated rings. The van der Waals surface area contributed by atoms with E-state index >= 15 is 0 Å². The van der Waals surface area contributed by atoms with Crippen molar-refractivity contribution >= 4 is 5.91 Å². The summed E-state index contributed by atoms with van der Waals surface area (Å²) in [5, 5.41) is 6.32. The second-order valence-electron chi connectivity index (χ2n) is 5.08. The van der Waals surface area contributed by atoms with Gasteiger partial charge in [-0.2, -0.15) is 0 Å². The van der Waals surface area contributed by atoms with Crippen molar-refractivity contribution in [3.05, 3.63) is 35.4 Å². The molecule has 0 heterocycles. The van der Waals surface area contributed by atoms with Crippen molar-refractivity contribution in [2.75, 3.05) is 13.1 Å². The Kier molecular flexibility index (Phi) is 4.93. The highest BCUT2D eigenvalue weighted by atomic mass is 16.1. The molecule has 0 spiro atoms. The molecule has 1 aliphatic carbocycles. The standard InChI is InChI=1S/C15H23N3O/c1-2-8-18-15(19)7-9-17-14-10-13(16)11-5-3-4-6-12(11)14/h3-6,13-14,17H,2,7-10,16H2,1H3,(H,18,19). The molecule has 2 atom stereocenters. The van der Waals surface area contributed by atoms with E-state index in [0.717, 1.165) is 19.4 Å². The van der Waals surface area contributed by atoms with Gasteiger partial charge in [-0.15, -0.1) is 0 Å². The number of carbonyl (C=O) groups is 1. The highest BCUT2D eigenvalue weighted by molar-refractivity contribution is 5.76. The van der Waals surface area contributed by atoms with Crippen LogP contribution in [0.3, 0.4) is 0 Å². The van der Waals surface area contributed by atoms with E-state index in [0.29, 0.717) is 13.0 Å². The number of nitrogens with two attached hydrogens (primary N) is 1. The van der Waals surface area contributed by atoms with Crippen molar-refractivity contribution in [2.45, 2.75) is 38.3 Å². The minimum absolute atomic E-state index is 0.114. The molecule has 1 amide bonds. The number of carbonyl (C=O) groups excluding carboxylic acids is 1. The molecule has 0 bridgehead atoms. The molecule has 4 heteroatoms. The zero-order chi connectivity index (χ0) is 13.7. The SMILES string of the molecule is CCCNC(=O)CCNC1CC(N)c2ccccc21. The number of amides is 1. The van der Waals surface area contributed by atoms with Gasteiger partial charge in [-0.05, 0) is 24.0 Å². The molecule has 4 N–H and O–H groups in total. The molecule has 1 aromatic carbocycles. The maximum absolute atomic E-state index is 11.5. The number of hydrogen-bond donors (Lipinski definition) is 3. The average molecular weight is 261 g/mol. The summed E-state index contributed by atoms with van der Waals surface area (Å²) in [5.41, 5.74) is 8.63. The van der Waals surface area contributed by atoms with Crippen molar-refractivity contribution < 1.29 is 4.79 Å². The fourth-order valence-electron chi connectivity index (χ4n) is 2.58. The summed E-state index contributed by atoms with van der Waals surface area (Å²) in [7, 11) is 0. The number of nitrogens with one attached hydrogen (secondary N) is 2. The number of fused-ring (bicyclic) bond motifs is 1. The molecule has 104 valence electrons. The van der Waals surface area contributed by atoms with Crippen molar-refractivity contribution in [1.82, 2.24) is 10.6 Å². The summed E-state index contributed by atoms with van der Waals surface area (Å²) in [5.74, 6) is 0.116. The second kappa shape index (κ2) is 6.68. The smallest absolute Gasteiger partial charge is 0.221 e. The molecule has 4 nitrogen and oxygen atoms in total. The Hall–Kier alpha value is -1.39. The van der Waals surface area contributed by atoms with Gasteiger partial charge in [-0.25, -0.2) is 0 Å². The van der Waals surface area contributed by atoms with Crippen LogP contribution >= 0.6 is 0 Å². The van der Waals surface area contributed by atoms with Crippen molar-refractivity contribution in [3.8, 4) is 0 Å². The van der Waals surface area contributed by atoms with Crippen LogP contribution in [-0.2, 0) is 4.79 Å². The summed E-state index contributed by atoms with van der Waals surface area (Å²) in [6.07, 6.45) is 2.41. The van der Waals surface area contributed by atoms with Gasteiger partial charge in [0.25, 0.3) is 0 Å². The highest BCUT2D eigenvalue weighted by Crippen LogP contribution is 2.36. The van der Waals surface area contributed by atoms with Crippen molar-refractivity contribution in [2.24, 2.45) is 5.73 Å². The molecule has 0 saturated heterocycles. The Labute approximate surface area is 114 Å². The van der Waals surface area contributed by atoms with E-state index in [2.05, 4.69) is 29.7 Å². The summed E-state index contributed by atoms with van der Waals surface area (Å²) in [6.45, 7) is 3.51. The minimum atomic E-state index is 0.114. The normalized spacial score (nSPS) is 21.2. The van der Waals surface area contributed by atoms with Gasteiger partial charge in [0.1, 0.15) is 0 Å². The molecule has 1 aromatic rings. The van der Waals surface area contributed by atoms with E-state index in [4.69, 9.17) is 5.73 Å². The topological polar surface area (TPSA) is 67.2 Å². The van der Waals surface area contributed by atoms with E-state index in [1.165, 1.54) is 11.1 Å². The van der Waals surface area contributed by atoms with Gasteiger partial charge in [0, 0.05) is 31.6 Å². The van der Waals surface area contributed by atoms with E-state index in [1.807, 2.05) is 12.1 Å². The minimum Gasteiger partial charge on any atom is -0.356 e. The number of rotatable bonds is 6. The highest BCUT2D eigenvalue weighted by Gasteiger charge is 2.27. The van der Waals surface area contributed by atoms with E-state index in [1.54, 1.807) is 0 Å². The Morgan fingerprint density at radius 3 is 2.79 bits per heavy atom. The van der Waals surface area contributed by atoms with Gasteiger partial charge in [-0.3, -0.25) is 4.79 Å². The Morgan fingerprint density at radius 2 is 2.05 bits per heavy atom. The molecule has 2 unspecified atom stereocenters. The van der Waals surface area contributed by atoms with Crippen LogP contribution in [0.2, 0.25) is 0 Å². The predicted octanol–water partition coefficient (Wildman–Crippen LogP) is 1.64. The van der Waals surface area contributed by atoms with Gasteiger partial charge in [-0.1, -0.05) is 31.2 Å². The summed E-state index contributed by atoms with van der Waals surface area (Å²) in [6, 6.07) is 8.68. The predicted molar refractivity (Wildman–Crippen MR) is 76.6 cm³/mol. The third-order valence-electron chi connectivity index (χ3n) is 3.58. The van der Waals surface area contributed by atoms with Gasteiger partial charge in [0.2, 0.25) is 5.91 Å². The fourth-order valence-corrected chi connectivity index (χ4v) is 2.58. The van der Waals surface area contributed by atoms with Gasteiger partial charge < -0.3 is 16.4 Å². The van der Waals surface area contributed by atoms with Gasteiger partial charge in [0.05, 0.1) is 0 Å². The maximum Gasteiger partial charge on any atom is 0.221 e. The van der Waals surface area contributed by atoms with Crippen LogP contribution in [0.15, 0.2) is 24.3 Å². The maximum atomic E-state index is 11.5. The van der Waals surface area contributed by atoms with E-state index < -0.39 is 0 Å². The monoisotopic (exact) mass is 261 g/mol. The Balaban J connectivity index is 1.80. The third kappa shape index (κ3) is 3.55. The van der Waals surface area contributed by atoms with Crippen LogP contribution in [0.4, 0.5) is 0 Å². The lowest BCUT2D eigenvalue weighted by atomic mass is 10.1. The van der Waals surface area contributed by atoms with Crippen LogP contribution in [0.25, 0.3) is 0 Å². The summed E-state index contributed by atoms with van der Waals surface area (Å²) >= 11 is 0. The zero-order valence-electron chi connectivity index (χ0n) is 11.5. The first-order chi connectivity index (χ1) is 9.22. The lowest BCUT2D eigenvalue weighted by Crippen LogP contribution is -2.29. The number of benzene rings is 1. The van der Waals surface area contributed by atoms with E-state index in [-0.39, 0.29) is 18.0 Å². The summed E-state index contributed by atoms with van der Waals surface area (Å²) < 4.78 is 0. The molecular weight excluding hydrogens is 238 g/mol. The second-order valence-corrected chi connectivity index (χ2v) is 5.08. The molecule has 0 aliphatic heterocycles. The first-order valence-corrected chi connectivity index (χ1v) is 7.07. The van der Waals surface area contributed by atoms with E-state index in [9.17, 15) is 4.79 Å². The Bertz CT molecular complexity index is 433. The van der Waals surface area contributed by atoms with Gasteiger partial charge in [0.15, 0.2) is 0 Å². The third-order valence-corrected chi connectivity index (χ3v) is 3.58.